The van der Waals surface area contributed by atoms with Crippen LogP contribution in [0.1, 0.15) is 18.6 Å². The number of rotatable bonds is 8. The molecule has 0 saturated heterocycles. The van der Waals surface area contributed by atoms with E-state index in [0.29, 0.717) is 13.1 Å². The second-order valence-electron chi connectivity index (χ2n) is 7.30. The molecule has 8 nitrogen and oxygen atoms in total. The lowest BCUT2D eigenvalue weighted by atomic mass is 10.1. The van der Waals surface area contributed by atoms with Gasteiger partial charge in [-0.05, 0) is 48.2 Å². The number of aliphatic hydroxyl groups is 1. The fourth-order valence-corrected chi connectivity index (χ4v) is 4.60. The minimum absolute atomic E-state index is 0. The summed E-state index contributed by atoms with van der Waals surface area (Å²) in [6.07, 6.45) is 4.33. The second kappa shape index (κ2) is 9.71. The number of benzene rings is 2. The molecule has 0 aliphatic carbocycles. The maximum atomic E-state index is 12.7. The van der Waals surface area contributed by atoms with Gasteiger partial charge in [-0.15, -0.1) is 12.4 Å². The summed E-state index contributed by atoms with van der Waals surface area (Å²) >= 11 is 0. The molecular formula is C21H24ClN5O3S. The van der Waals surface area contributed by atoms with E-state index in [0.717, 1.165) is 27.2 Å². The number of hydrogen-bond donors (Lipinski definition) is 4. The first-order valence-electron chi connectivity index (χ1n) is 9.60. The number of hydrogen-bond acceptors (Lipinski definition) is 6. The molecule has 0 spiro atoms. The van der Waals surface area contributed by atoms with E-state index in [1.807, 2.05) is 18.2 Å². The Hall–Kier alpha value is -2.56. The lowest BCUT2D eigenvalue weighted by molar-refractivity contribution is 0.174. The highest BCUT2D eigenvalue weighted by molar-refractivity contribution is 7.89. The van der Waals surface area contributed by atoms with Crippen molar-refractivity contribution >= 4 is 44.1 Å². The lowest BCUT2D eigenvalue weighted by Gasteiger charge is -2.17. The first-order valence-corrected chi connectivity index (χ1v) is 11.1. The van der Waals surface area contributed by atoms with Gasteiger partial charge in [0.05, 0.1) is 22.7 Å². The third-order valence-corrected chi connectivity index (χ3v) is 6.50. The van der Waals surface area contributed by atoms with E-state index in [9.17, 15) is 13.5 Å². The molecule has 0 fully saturated rings. The lowest BCUT2D eigenvalue weighted by Crippen LogP contribution is -2.40. The summed E-state index contributed by atoms with van der Waals surface area (Å²) < 4.78 is 28.1. The van der Waals surface area contributed by atoms with Crippen LogP contribution in [0.25, 0.3) is 21.7 Å². The molecule has 2 heterocycles. The van der Waals surface area contributed by atoms with E-state index in [2.05, 4.69) is 25.2 Å². The van der Waals surface area contributed by atoms with Gasteiger partial charge in [-0.2, -0.15) is 5.10 Å². The van der Waals surface area contributed by atoms with Crippen LogP contribution in [0.3, 0.4) is 0 Å². The standard InChI is InChI=1S/C21H23N5O3S.ClH/c1-14(10-23-13-21(27)16-3-5-20-18(8-16)12-24-25-20)26-30(28,29)19-4-2-17-11-22-7-6-15(17)9-19;/h2-9,11-12,14,21,23,26-27H,10,13H2,1H3,(H,24,25);1H/t14-,21?;/m1./s1. The van der Waals surface area contributed by atoms with Gasteiger partial charge in [0.15, 0.2) is 0 Å². The van der Waals surface area contributed by atoms with E-state index >= 15 is 0 Å². The average Bonchev–Trinajstić information content (AvgIpc) is 3.20. The summed E-state index contributed by atoms with van der Waals surface area (Å²) in [5.74, 6) is 0. The van der Waals surface area contributed by atoms with Gasteiger partial charge in [0.25, 0.3) is 0 Å². The van der Waals surface area contributed by atoms with E-state index in [1.165, 1.54) is 0 Å². The van der Waals surface area contributed by atoms with Crippen molar-refractivity contribution in [1.82, 2.24) is 25.2 Å². The maximum Gasteiger partial charge on any atom is 0.240 e. The van der Waals surface area contributed by atoms with Crippen molar-refractivity contribution in [3.63, 3.8) is 0 Å². The van der Waals surface area contributed by atoms with Crippen LogP contribution in [0.15, 0.2) is 66.0 Å². The molecule has 0 amide bonds. The van der Waals surface area contributed by atoms with Crippen molar-refractivity contribution in [3.05, 3.63) is 66.6 Å². The molecular weight excluding hydrogens is 438 g/mol. The van der Waals surface area contributed by atoms with Crippen molar-refractivity contribution in [1.29, 1.82) is 0 Å². The van der Waals surface area contributed by atoms with Gasteiger partial charge in [-0.25, -0.2) is 13.1 Å². The van der Waals surface area contributed by atoms with Crippen LogP contribution in [-0.4, -0.2) is 47.8 Å². The molecule has 1 unspecified atom stereocenters. The molecule has 0 radical (unpaired) electrons. The molecule has 0 aliphatic heterocycles. The van der Waals surface area contributed by atoms with Crippen LogP contribution < -0.4 is 10.0 Å². The number of nitrogens with zero attached hydrogens (tertiary/aromatic N) is 2. The molecule has 4 aromatic rings. The van der Waals surface area contributed by atoms with Gasteiger partial charge >= 0.3 is 0 Å². The van der Waals surface area contributed by atoms with Crippen molar-refractivity contribution < 1.29 is 13.5 Å². The summed E-state index contributed by atoms with van der Waals surface area (Å²) in [6.45, 7) is 2.46. The van der Waals surface area contributed by atoms with E-state index in [1.54, 1.807) is 49.8 Å². The Morgan fingerprint density at radius 1 is 1.03 bits per heavy atom. The number of pyridine rings is 1. The number of nitrogens with one attached hydrogen (secondary N) is 3. The highest BCUT2D eigenvalue weighted by Crippen LogP contribution is 2.19. The van der Waals surface area contributed by atoms with Crippen LogP contribution in [0.4, 0.5) is 0 Å². The Kier molecular flexibility index (Phi) is 7.24. The van der Waals surface area contributed by atoms with E-state index in [4.69, 9.17) is 0 Å². The smallest absolute Gasteiger partial charge is 0.240 e. The zero-order chi connectivity index (χ0) is 21.1. The molecule has 31 heavy (non-hydrogen) atoms. The average molecular weight is 462 g/mol. The highest BCUT2D eigenvalue weighted by atomic mass is 35.5. The van der Waals surface area contributed by atoms with Crippen molar-refractivity contribution in [2.75, 3.05) is 13.1 Å². The minimum atomic E-state index is -3.66. The van der Waals surface area contributed by atoms with Crippen LogP contribution >= 0.6 is 12.4 Å². The monoisotopic (exact) mass is 461 g/mol. The fraction of sp³-hybridized carbons (Fsp3) is 0.238. The van der Waals surface area contributed by atoms with Gasteiger partial charge in [-0.1, -0.05) is 12.1 Å². The topological polar surface area (TPSA) is 120 Å². The van der Waals surface area contributed by atoms with Crippen LogP contribution in [0, 0.1) is 0 Å². The summed E-state index contributed by atoms with van der Waals surface area (Å²) in [4.78, 5) is 4.25. The SMILES string of the molecule is C[C@H](CNCC(O)c1ccc2[nH]ncc2c1)NS(=O)(=O)c1ccc2cnccc2c1.Cl. The zero-order valence-electron chi connectivity index (χ0n) is 16.8. The fourth-order valence-electron chi connectivity index (χ4n) is 3.33. The molecule has 2 aromatic carbocycles. The number of halogens is 1. The third-order valence-electron chi connectivity index (χ3n) is 4.92. The molecule has 2 aromatic heterocycles. The van der Waals surface area contributed by atoms with Gasteiger partial charge in [-0.3, -0.25) is 10.1 Å². The second-order valence-corrected chi connectivity index (χ2v) is 9.01. The number of sulfonamides is 1. The number of aliphatic hydroxyl groups excluding tert-OH is 1. The quantitative estimate of drug-likeness (QED) is 0.320. The van der Waals surface area contributed by atoms with Crippen LogP contribution in [0.5, 0.6) is 0 Å². The molecule has 4 rings (SSSR count). The Balaban J connectivity index is 0.00000272. The number of aromatic amines is 1. The zero-order valence-corrected chi connectivity index (χ0v) is 18.5. The summed E-state index contributed by atoms with van der Waals surface area (Å²) in [6, 6.07) is 12.0. The predicted octanol–water partition coefficient (Wildman–Crippen LogP) is 2.52. The Morgan fingerprint density at radius 2 is 1.87 bits per heavy atom. The number of fused-ring (bicyclic) bond motifs is 2. The summed E-state index contributed by atoms with van der Waals surface area (Å²) in [5.41, 5.74) is 1.68. The Labute approximate surface area is 186 Å². The van der Waals surface area contributed by atoms with Crippen molar-refractivity contribution in [2.24, 2.45) is 0 Å². The van der Waals surface area contributed by atoms with E-state index in [-0.39, 0.29) is 23.3 Å². The van der Waals surface area contributed by atoms with Gasteiger partial charge in [0.2, 0.25) is 10.0 Å². The third kappa shape index (κ3) is 5.38. The molecule has 164 valence electrons. The Morgan fingerprint density at radius 3 is 2.71 bits per heavy atom. The van der Waals surface area contributed by atoms with Crippen molar-refractivity contribution in [3.8, 4) is 0 Å². The van der Waals surface area contributed by atoms with Gasteiger partial charge < -0.3 is 10.4 Å². The molecule has 0 saturated carbocycles. The molecule has 4 N–H and O–H groups in total. The van der Waals surface area contributed by atoms with Crippen molar-refractivity contribution in [2.45, 2.75) is 24.0 Å². The molecule has 0 aliphatic rings. The molecule has 0 bridgehead atoms. The molecule has 2 atom stereocenters. The molecule has 10 heteroatoms. The predicted molar refractivity (Wildman–Crippen MR) is 123 cm³/mol. The van der Waals surface area contributed by atoms with Crippen LogP contribution in [0.2, 0.25) is 0 Å². The number of H-pyrrole nitrogens is 1. The van der Waals surface area contributed by atoms with Gasteiger partial charge in [0.1, 0.15) is 0 Å². The summed E-state index contributed by atoms with van der Waals surface area (Å²) in [7, 11) is -3.66. The first-order chi connectivity index (χ1) is 14.4. The largest absolute Gasteiger partial charge is 0.387 e. The number of aromatic nitrogens is 3. The van der Waals surface area contributed by atoms with Gasteiger partial charge in [0, 0.05) is 42.3 Å². The first kappa shape index (κ1) is 23.1. The Bertz CT molecular complexity index is 1280. The summed E-state index contributed by atoms with van der Waals surface area (Å²) in [5, 5.41) is 23.0. The minimum Gasteiger partial charge on any atom is -0.387 e. The van der Waals surface area contributed by atoms with E-state index < -0.39 is 16.1 Å². The van der Waals surface area contributed by atoms with Crippen LogP contribution in [-0.2, 0) is 10.0 Å². The highest BCUT2D eigenvalue weighted by Gasteiger charge is 2.18. The normalized spacial score (nSPS) is 13.7. The maximum absolute atomic E-state index is 12.7.